The van der Waals surface area contributed by atoms with E-state index in [0.29, 0.717) is 18.5 Å². The van der Waals surface area contributed by atoms with E-state index in [0.717, 1.165) is 12.2 Å². The van der Waals surface area contributed by atoms with Crippen molar-refractivity contribution in [2.24, 2.45) is 0 Å². The molecule has 0 saturated carbocycles. The predicted octanol–water partition coefficient (Wildman–Crippen LogP) is 2.01. The molecule has 1 N–H and O–H groups in total. The highest BCUT2D eigenvalue weighted by Crippen LogP contribution is 2.23. The Kier molecular flexibility index (Phi) is 8.88. The first kappa shape index (κ1) is 20.6. The number of ether oxygens (including phenoxy) is 3. The highest BCUT2D eigenvalue weighted by molar-refractivity contribution is 6.00. The molecule has 0 bridgehead atoms. The summed E-state index contributed by atoms with van der Waals surface area (Å²) in [6.07, 6.45) is 3.10. The summed E-state index contributed by atoms with van der Waals surface area (Å²) in [5.74, 6) is -1.69. The van der Waals surface area contributed by atoms with Crippen LogP contribution in [-0.4, -0.2) is 37.5 Å². The lowest BCUT2D eigenvalue weighted by Crippen LogP contribution is -2.12. The molecule has 0 radical (unpaired) electrons. The first-order chi connectivity index (χ1) is 12.5. The molecule has 0 aliphatic carbocycles. The van der Waals surface area contributed by atoms with Crippen molar-refractivity contribution in [1.29, 1.82) is 0 Å². The molecular formula is C18H19NO7. The molecule has 0 heterocycles. The fourth-order valence-electron chi connectivity index (χ4n) is 1.79. The molecule has 1 aromatic rings. The van der Waals surface area contributed by atoms with E-state index in [1.807, 2.05) is 0 Å². The minimum atomic E-state index is -0.723. The molecule has 0 unspecified atom stereocenters. The molecule has 1 amide bonds. The molecule has 0 aromatic heterocycles. The Morgan fingerprint density at radius 2 is 1.73 bits per heavy atom. The number of nitrogens with one attached hydrogen (secondary N) is 1. The number of esters is 2. The minimum Gasteiger partial charge on any atom is -0.463 e. The number of benzene rings is 1. The van der Waals surface area contributed by atoms with Crippen LogP contribution in [-0.2, 0) is 23.9 Å². The Balaban J connectivity index is 2.64. The smallest absolute Gasteiger partial charge is 0.342 e. The topological polar surface area (TPSA) is 108 Å². The van der Waals surface area contributed by atoms with E-state index in [9.17, 15) is 19.2 Å². The van der Waals surface area contributed by atoms with Crippen LogP contribution in [0.4, 0.5) is 5.69 Å². The average Bonchev–Trinajstić information content (AvgIpc) is 2.65. The maximum Gasteiger partial charge on any atom is 0.342 e. The number of rotatable bonds is 11. The minimum absolute atomic E-state index is 0.00140. The maximum absolute atomic E-state index is 12.2. The number of carbonyl (C=O) groups excluding carboxylic acids is 4. The van der Waals surface area contributed by atoms with E-state index in [4.69, 9.17) is 14.2 Å². The molecule has 0 aliphatic heterocycles. The van der Waals surface area contributed by atoms with Gasteiger partial charge in [0.25, 0.3) is 6.47 Å². The van der Waals surface area contributed by atoms with E-state index in [1.54, 1.807) is 0 Å². The van der Waals surface area contributed by atoms with Gasteiger partial charge in [0.1, 0.15) is 11.3 Å². The van der Waals surface area contributed by atoms with Crippen molar-refractivity contribution in [2.45, 2.75) is 12.8 Å². The molecule has 8 nitrogen and oxygen atoms in total. The normalized spacial score (nSPS) is 9.54. The lowest BCUT2D eigenvalue weighted by Gasteiger charge is -2.10. The summed E-state index contributed by atoms with van der Waals surface area (Å²) in [5, 5.41) is 2.49. The number of amides is 1. The molecule has 138 valence electrons. The first-order valence-corrected chi connectivity index (χ1v) is 7.66. The van der Waals surface area contributed by atoms with Crippen molar-refractivity contribution in [3.63, 3.8) is 0 Å². The molecule has 26 heavy (non-hydrogen) atoms. The van der Waals surface area contributed by atoms with Crippen molar-refractivity contribution < 1.29 is 33.4 Å². The monoisotopic (exact) mass is 361 g/mol. The van der Waals surface area contributed by atoms with Gasteiger partial charge < -0.3 is 19.5 Å². The van der Waals surface area contributed by atoms with Crippen molar-refractivity contribution in [1.82, 2.24) is 0 Å². The zero-order chi connectivity index (χ0) is 19.4. The summed E-state index contributed by atoms with van der Waals surface area (Å²) in [5.41, 5.74) is 0.300. The van der Waals surface area contributed by atoms with Crippen LogP contribution in [0.1, 0.15) is 23.2 Å². The van der Waals surface area contributed by atoms with E-state index >= 15 is 0 Å². The third kappa shape index (κ3) is 7.00. The number of anilines is 1. The largest absolute Gasteiger partial charge is 0.463 e. The van der Waals surface area contributed by atoms with Gasteiger partial charge in [-0.1, -0.05) is 13.2 Å². The van der Waals surface area contributed by atoms with Crippen LogP contribution in [0, 0.1) is 0 Å². The van der Waals surface area contributed by atoms with Crippen molar-refractivity contribution in [2.75, 3.05) is 18.5 Å². The lowest BCUT2D eigenvalue weighted by molar-refractivity contribution is -0.138. The fourth-order valence-corrected chi connectivity index (χ4v) is 1.79. The van der Waals surface area contributed by atoms with Crippen LogP contribution < -0.4 is 10.1 Å². The van der Waals surface area contributed by atoms with Gasteiger partial charge in [0.2, 0.25) is 5.91 Å². The van der Waals surface area contributed by atoms with Crippen molar-refractivity contribution >= 4 is 30.0 Å². The summed E-state index contributed by atoms with van der Waals surface area (Å²) in [6.45, 7) is 7.05. The van der Waals surface area contributed by atoms with Crippen LogP contribution in [0.25, 0.3) is 0 Å². The van der Waals surface area contributed by atoms with E-state index < -0.39 is 17.8 Å². The molecule has 0 aliphatic rings. The van der Waals surface area contributed by atoms with Crippen LogP contribution in [0.2, 0.25) is 0 Å². The Morgan fingerprint density at radius 1 is 1.04 bits per heavy atom. The van der Waals surface area contributed by atoms with Gasteiger partial charge in [-0.15, -0.1) is 0 Å². The molecule has 8 heteroatoms. The Labute approximate surface area is 150 Å². The lowest BCUT2D eigenvalue weighted by atomic mass is 10.1. The van der Waals surface area contributed by atoms with Gasteiger partial charge in [-0.3, -0.25) is 9.59 Å². The molecule has 1 aromatic carbocycles. The van der Waals surface area contributed by atoms with Crippen LogP contribution in [0.15, 0.2) is 43.5 Å². The number of unbranched alkanes of at least 4 members (excludes halogenated alkanes) is 1. The molecule has 0 atom stereocenters. The second-order valence-electron chi connectivity index (χ2n) is 4.83. The summed E-state index contributed by atoms with van der Waals surface area (Å²) >= 11 is 0. The second-order valence-corrected chi connectivity index (χ2v) is 4.83. The van der Waals surface area contributed by atoms with Gasteiger partial charge in [-0.05, 0) is 37.1 Å². The van der Waals surface area contributed by atoms with E-state index in [1.165, 1.54) is 18.2 Å². The zero-order valence-electron chi connectivity index (χ0n) is 14.1. The standard InChI is InChI=1S/C18H19NO7/c1-3-16(21)19-13-7-8-15(26-12-20)14(11-13)18(23)25-10-6-5-9-24-17(22)4-2/h3-4,7-8,11-12H,1-2,5-6,9-10H2,(H,19,21). The van der Waals surface area contributed by atoms with Gasteiger partial charge in [-0.25, -0.2) is 9.59 Å². The zero-order valence-corrected chi connectivity index (χ0v) is 14.1. The SMILES string of the molecule is C=CC(=O)Nc1ccc(OC=O)c(C(=O)OCCCCOC(=O)C=C)c1. The Morgan fingerprint density at radius 3 is 2.35 bits per heavy atom. The third-order valence-corrected chi connectivity index (χ3v) is 3.01. The maximum atomic E-state index is 12.2. The number of hydrogen-bond donors (Lipinski definition) is 1. The molecule has 0 fully saturated rings. The van der Waals surface area contributed by atoms with Crippen LogP contribution in [0.3, 0.4) is 0 Å². The predicted molar refractivity (Wildman–Crippen MR) is 92.6 cm³/mol. The van der Waals surface area contributed by atoms with Gasteiger partial charge >= 0.3 is 11.9 Å². The average molecular weight is 361 g/mol. The molecule has 0 saturated heterocycles. The van der Waals surface area contributed by atoms with Crippen molar-refractivity contribution in [3.8, 4) is 5.75 Å². The number of carbonyl (C=O) groups is 4. The van der Waals surface area contributed by atoms with Crippen LogP contribution >= 0.6 is 0 Å². The van der Waals surface area contributed by atoms with Crippen LogP contribution in [0.5, 0.6) is 5.75 Å². The van der Waals surface area contributed by atoms with Gasteiger partial charge in [0.05, 0.1) is 13.2 Å². The fraction of sp³-hybridized carbons (Fsp3) is 0.222. The Bertz CT molecular complexity index is 697. The first-order valence-electron chi connectivity index (χ1n) is 7.66. The van der Waals surface area contributed by atoms with E-state index in [-0.39, 0.29) is 31.0 Å². The van der Waals surface area contributed by atoms with Gasteiger partial charge in [-0.2, -0.15) is 0 Å². The van der Waals surface area contributed by atoms with Crippen molar-refractivity contribution in [3.05, 3.63) is 49.1 Å². The molecule has 1 rings (SSSR count). The summed E-state index contributed by atoms with van der Waals surface area (Å²) in [6, 6.07) is 4.15. The molecule has 0 spiro atoms. The summed E-state index contributed by atoms with van der Waals surface area (Å²) in [4.78, 5) is 45.0. The van der Waals surface area contributed by atoms with E-state index in [2.05, 4.69) is 18.5 Å². The van der Waals surface area contributed by atoms with Gasteiger partial charge in [0, 0.05) is 11.8 Å². The third-order valence-electron chi connectivity index (χ3n) is 3.01. The number of hydrogen-bond acceptors (Lipinski definition) is 7. The van der Waals surface area contributed by atoms with Gasteiger partial charge in [0.15, 0.2) is 0 Å². The Hall–Kier alpha value is -3.42. The quantitative estimate of drug-likeness (QED) is 0.278. The molecular weight excluding hydrogens is 342 g/mol. The summed E-state index contributed by atoms with van der Waals surface area (Å²) in [7, 11) is 0. The summed E-state index contributed by atoms with van der Waals surface area (Å²) < 4.78 is 14.6. The highest BCUT2D eigenvalue weighted by atomic mass is 16.5. The second kappa shape index (κ2) is 11.2. The highest BCUT2D eigenvalue weighted by Gasteiger charge is 2.16.